The maximum absolute atomic E-state index is 13.4. The second-order valence-corrected chi connectivity index (χ2v) is 10.2. The van der Waals surface area contributed by atoms with Crippen LogP contribution in [0.5, 0.6) is 5.75 Å². The Labute approximate surface area is 187 Å². The van der Waals surface area contributed by atoms with Crippen molar-refractivity contribution in [3.8, 4) is 5.75 Å². The molecular weight excluding hydrogens is 443 g/mol. The fourth-order valence-corrected chi connectivity index (χ4v) is 5.48. The van der Waals surface area contributed by atoms with Crippen LogP contribution in [0.2, 0.25) is 5.02 Å². The maximum Gasteiger partial charge on any atom is 0.246 e. The zero-order valence-corrected chi connectivity index (χ0v) is 19.3. The standard InChI is InChI=1S/C22H26ClFN2O4S/c1-14(2)15-6-9-20(30-3)21(11-15)31(28,29)26-10-4-5-16(13-26)22(27)25-17-7-8-19(24)18(23)12-17/h6-9,11-12,14,16H,4-5,10,13H2,1-3H3,(H,25,27)/t16-/m0/s1. The van der Waals surface area contributed by atoms with Gasteiger partial charge in [0.1, 0.15) is 16.5 Å². The lowest BCUT2D eigenvalue weighted by atomic mass is 9.99. The van der Waals surface area contributed by atoms with Crippen molar-refractivity contribution in [3.63, 3.8) is 0 Å². The number of carbonyl (C=O) groups excluding carboxylic acids is 1. The third kappa shape index (κ3) is 5.19. The van der Waals surface area contributed by atoms with Crippen LogP contribution in [0, 0.1) is 11.7 Å². The van der Waals surface area contributed by atoms with Crippen molar-refractivity contribution in [1.29, 1.82) is 0 Å². The lowest BCUT2D eigenvalue weighted by Crippen LogP contribution is -2.43. The van der Waals surface area contributed by atoms with Gasteiger partial charge in [-0.15, -0.1) is 0 Å². The van der Waals surface area contributed by atoms with E-state index in [1.807, 2.05) is 19.9 Å². The van der Waals surface area contributed by atoms with Crippen LogP contribution in [-0.2, 0) is 14.8 Å². The number of amides is 1. The minimum atomic E-state index is -3.85. The molecule has 2 aromatic carbocycles. The number of benzene rings is 2. The summed E-state index contributed by atoms with van der Waals surface area (Å²) >= 11 is 5.77. The number of hydrogen-bond acceptors (Lipinski definition) is 4. The van der Waals surface area contributed by atoms with Crippen LogP contribution < -0.4 is 10.1 Å². The van der Waals surface area contributed by atoms with Gasteiger partial charge in [0.05, 0.1) is 18.1 Å². The lowest BCUT2D eigenvalue weighted by Gasteiger charge is -2.31. The van der Waals surface area contributed by atoms with E-state index >= 15 is 0 Å². The van der Waals surface area contributed by atoms with Gasteiger partial charge in [-0.2, -0.15) is 4.31 Å². The van der Waals surface area contributed by atoms with E-state index in [0.29, 0.717) is 25.1 Å². The molecule has 6 nitrogen and oxygen atoms in total. The molecule has 0 aliphatic carbocycles. The summed E-state index contributed by atoms with van der Waals surface area (Å²) in [6.45, 7) is 4.35. The number of piperidine rings is 1. The molecule has 1 saturated heterocycles. The van der Waals surface area contributed by atoms with E-state index in [1.54, 1.807) is 12.1 Å². The average molecular weight is 469 g/mol. The lowest BCUT2D eigenvalue weighted by molar-refractivity contribution is -0.120. The molecule has 1 amide bonds. The van der Waals surface area contributed by atoms with Crippen LogP contribution >= 0.6 is 11.6 Å². The highest BCUT2D eigenvalue weighted by molar-refractivity contribution is 7.89. The molecule has 2 aromatic rings. The molecule has 0 saturated carbocycles. The van der Waals surface area contributed by atoms with Crippen molar-refractivity contribution in [2.45, 2.75) is 37.5 Å². The highest BCUT2D eigenvalue weighted by atomic mass is 35.5. The molecule has 1 atom stereocenters. The largest absolute Gasteiger partial charge is 0.495 e. The van der Waals surface area contributed by atoms with Crippen molar-refractivity contribution < 1.29 is 22.3 Å². The van der Waals surface area contributed by atoms with E-state index in [2.05, 4.69) is 5.32 Å². The summed E-state index contributed by atoms with van der Waals surface area (Å²) in [6, 6.07) is 9.07. The first-order valence-corrected chi connectivity index (χ1v) is 11.9. The summed E-state index contributed by atoms with van der Waals surface area (Å²) in [6.07, 6.45) is 1.10. The smallest absolute Gasteiger partial charge is 0.246 e. The van der Waals surface area contributed by atoms with E-state index in [9.17, 15) is 17.6 Å². The van der Waals surface area contributed by atoms with E-state index in [1.165, 1.54) is 29.6 Å². The number of carbonyl (C=O) groups is 1. The van der Waals surface area contributed by atoms with E-state index < -0.39 is 21.8 Å². The third-order valence-corrected chi connectivity index (χ3v) is 7.59. The Morgan fingerprint density at radius 1 is 1.26 bits per heavy atom. The van der Waals surface area contributed by atoms with Gasteiger partial charge in [-0.05, 0) is 54.7 Å². The number of sulfonamides is 1. The quantitative estimate of drug-likeness (QED) is 0.669. The third-order valence-electron chi connectivity index (χ3n) is 5.41. The van der Waals surface area contributed by atoms with Crippen molar-refractivity contribution in [2.75, 3.05) is 25.5 Å². The first kappa shape index (κ1) is 23.5. The van der Waals surface area contributed by atoms with Crippen LogP contribution in [0.25, 0.3) is 0 Å². The number of halogens is 2. The van der Waals surface area contributed by atoms with Gasteiger partial charge >= 0.3 is 0 Å². The van der Waals surface area contributed by atoms with Gasteiger partial charge in [0.15, 0.2) is 0 Å². The number of anilines is 1. The second-order valence-electron chi connectivity index (χ2n) is 7.89. The SMILES string of the molecule is COc1ccc(C(C)C)cc1S(=O)(=O)N1CCC[C@H](C(=O)Nc2ccc(F)c(Cl)c2)C1. The van der Waals surface area contributed by atoms with Crippen molar-refractivity contribution in [2.24, 2.45) is 5.92 Å². The Kier molecular flexibility index (Phi) is 7.24. The normalized spacial score (nSPS) is 17.5. The van der Waals surface area contributed by atoms with Crippen molar-refractivity contribution >= 4 is 33.2 Å². The number of hydrogen-bond donors (Lipinski definition) is 1. The predicted octanol–water partition coefficient (Wildman–Crippen LogP) is 4.65. The molecule has 168 valence electrons. The monoisotopic (exact) mass is 468 g/mol. The molecule has 1 N–H and O–H groups in total. The average Bonchev–Trinajstić information content (AvgIpc) is 2.75. The van der Waals surface area contributed by atoms with E-state index in [4.69, 9.17) is 16.3 Å². The summed E-state index contributed by atoms with van der Waals surface area (Å²) in [5.41, 5.74) is 1.25. The van der Waals surface area contributed by atoms with Gasteiger partial charge in [0.2, 0.25) is 15.9 Å². The number of nitrogens with one attached hydrogen (secondary N) is 1. The molecule has 1 fully saturated rings. The van der Waals surface area contributed by atoms with Gasteiger partial charge in [-0.1, -0.05) is 31.5 Å². The summed E-state index contributed by atoms with van der Waals surface area (Å²) in [7, 11) is -2.42. The van der Waals surface area contributed by atoms with E-state index in [0.717, 1.165) is 5.56 Å². The molecular formula is C22H26ClFN2O4S. The number of nitrogens with zero attached hydrogens (tertiary/aromatic N) is 1. The van der Waals surface area contributed by atoms with Gasteiger partial charge in [-0.3, -0.25) is 4.79 Å². The molecule has 31 heavy (non-hydrogen) atoms. The van der Waals surface area contributed by atoms with Gasteiger partial charge in [0.25, 0.3) is 0 Å². The second kappa shape index (κ2) is 9.54. The molecule has 1 aliphatic heterocycles. The van der Waals surface area contributed by atoms with Crippen LogP contribution in [0.3, 0.4) is 0 Å². The summed E-state index contributed by atoms with van der Waals surface area (Å²) < 4.78 is 46.8. The summed E-state index contributed by atoms with van der Waals surface area (Å²) in [5, 5.41) is 2.61. The Morgan fingerprint density at radius 3 is 2.65 bits per heavy atom. The Bertz CT molecular complexity index is 1080. The molecule has 0 unspecified atom stereocenters. The topological polar surface area (TPSA) is 75.7 Å². The molecule has 0 spiro atoms. The molecule has 3 rings (SSSR count). The highest BCUT2D eigenvalue weighted by Gasteiger charge is 2.35. The number of ether oxygens (including phenoxy) is 1. The van der Waals surface area contributed by atoms with Crippen LogP contribution in [-0.4, -0.2) is 38.8 Å². The first-order chi connectivity index (χ1) is 14.6. The fourth-order valence-electron chi connectivity index (χ4n) is 3.59. The van der Waals surface area contributed by atoms with Gasteiger partial charge in [-0.25, -0.2) is 12.8 Å². The zero-order valence-electron chi connectivity index (χ0n) is 17.7. The zero-order chi connectivity index (χ0) is 22.8. The van der Waals surface area contributed by atoms with Gasteiger partial charge in [0, 0.05) is 18.8 Å². The Hall–Kier alpha value is -2.16. The first-order valence-electron chi connectivity index (χ1n) is 10.1. The van der Waals surface area contributed by atoms with Gasteiger partial charge < -0.3 is 10.1 Å². The Morgan fingerprint density at radius 2 is 2.00 bits per heavy atom. The summed E-state index contributed by atoms with van der Waals surface area (Å²) in [5.74, 6) is -1.01. The minimum Gasteiger partial charge on any atom is -0.495 e. The fraction of sp³-hybridized carbons (Fsp3) is 0.409. The maximum atomic E-state index is 13.4. The number of rotatable bonds is 6. The van der Waals surface area contributed by atoms with Crippen LogP contribution in [0.4, 0.5) is 10.1 Å². The predicted molar refractivity (Wildman–Crippen MR) is 119 cm³/mol. The van der Waals surface area contributed by atoms with Crippen molar-refractivity contribution in [3.05, 3.63) is 52.8 Å². The molecule has 0 aromatic heterocycles. The molecule has 1 heterocycles. The van der Waals surface area contributed by atoms with Crippen LogP contribution in [0.15, 0.2) is 41.3 Å². The molecule has 9 heteroatoms. The van der Waals surface area contributed by atoms with Crippen LogP contribution in [0.1, 0.15) is 38.2 Å². The molecule has 0 radical (unpaired) electrons. The van der Waals surface area contributed by atoms with Crippen molar-refractivity contribution in [1.82, 2.24) is 4.31 Å². The highest BCUT2D eigenvalue weighted by Crippen LogP contribution is 2.32. The van der Waals surface area contributed by atoms with E-state index in [-0.39, 0.29) is 34.0 Å². The summed E-state index contributed by atoms with van der Waals surface area (Å²) in [4.78, 5) is 12.8. The Balaban J connectivity index is 1.81. The molecule has 1 aliphatic rings. The molecule has 0 bridgehead atoms. The number of methoxy groups -OCH3 is 1. The minimum absolute atomic E-state index is 0.0537.